The van der Waals surface area contributed by atoms with Gasteiger partial charge in [-0.1, -0.05) is 6.92 Å². The van der Waals surface area contributed by atoms with Gasteiger partial charge in [-0.2, -0.15) is 0 Å². The van der Waals surface area contributed by atoms with Crippen molar-refractivity contribution in [3.05, 3.63) is 0 Å². The zero-order chi connectivity index (χ0) is 15.8. The predicted octanol–water partition coefficient (Wildman–Crippen LogP) is 1.08. The maximum Gasteiger partial charge on any atom is 0.317 e. The van der Waals surface area contributed by atoms with E-state index in [1.165, 1.54) is 0 Å². The first kappa shape index (κ1) is 17.3. The highest BCUT2D eigenvalue weighted by molar-refractivity contribution is 5.77. The van der Waals surface area contributed by atoms with E-state index in [0.29, 0.717) is 39.0 Å². The molecule has 1 aliphatic rings. The van der Waals surface area contributed by atoms with Gasteiger partial charge in [0.05, 0.1) is 18.4 Å². The smallest absolute Gasteiger partial charge is 0.317 e. The molecule has 0 saturated carbocycles. The SMILES string of the molecule is CCOC(=O)C1CCN(C(=O)NCC(CC)C(=O)O)CC1. The van der Waals surface area contributed by atoms with Crippen LogP contribution in [-0.4, -0.2) is 54.2 Å². The summed E-state index contributed by atoms with van der Waals surface area (Å²) in [6, 6.07) is -0.267. The summed E-state index contributed by atoms with van der Waals surface area (Å²) in [6.07, 6.45) is 1.64. The fraction of sp³-hybridized carbons (Fsp3) is 0.786. The number of amides is 2. The van der Waals surface area contributed by atoms with Crippen LogP contribution in [0.15, 0.2) is 0 Å². The molecule has 21 heavy (non-hydrogen) atoms. The molecule has 0 aromatic rings. The van der Waals surface area contributed by atoms with Gasteiger partial charge in [0.1, 0.15) is 0 Å². The summed E-state index contributed by atoms with van der Waals surface area (Å²) < 4.78 is 4.97. The third-order valence-electron chi connectivity index (χ3n) is 3.74. The summed E-state index contributed by atoms with van der Waals surface area (Å²) >= 11 is 0. The Bertz CT molecular complexity index is 378. The van der Waals surface area contributed by atoms with E-state index in [1.807, 2.05) is 0 Å². The minimum Gasteiger partial charge on any atom is -0.481 e. The van der Waals surface area contributed by atoms with Crippen molar-refractivity contribution < 1.29 is 24.2 Å². The molecular weight excluding hydrogens is 276 g/mol. The molecule has 0 spiro atoms. The number of piperidine rings is 1. The molecule has 0 aromatic carbocycles. The van der Waals surface area contributed by atoms with Crippen molar-refractivity contribution in [2.45, 2.75) is 33.1 Å². The lowest BCUT2D eigenvalue weighted by Crippen LogP contribution is -2.47. The van der Waals surface area contributed by atoms with E-state index in [0.717, 1.165) is 0 Å². The van der Waals surface area contributed by atoms with Crippen molar-refractivity contribution in [1.82, 2.24) is 10.2 Å². The molecule has 0 aliphatic carbocycles. The Morgan fingerprint density at radius 2 is 1.90 bits per heavy atom. The molecule has 1 aliphatic heterocycles. The summed E-state index contributed by atoms with van der Waals surface area (Å²) in [5.74, 6) is -1.81. The van der Waals surface area contributed by atoms with Gasteiger partial charge < -0.3 is 20.1 Å². The van der Waals surface area contributed by atoms with Gasteiger partial charge in [-0.05, 0) is 26.2 Å². The fourth-order valence-corrected chi connectivity index (χ4v) is 2.31. The lowest BCUT2D eigenvalue weighted by Gasteiger charge is -2.31. The number of nitrogens with one attached hydrogen (secondary N) is 1. The number of carboxylic acids is 1. The molecule has 1 atom stereocenters. The number of likely N-dealkylation sites (tertiary alicyclic amines) is 1. The van der Waals surface area contributed by atoms with Crippen molar-refractivity contribution >= 4 is 18.0 Å². The van der Waals surface area contributed by atoms with Crippen molar-refractivity contribution in [2.24, 2.45) is 11.8 Å². The second kappa shape index (κ2) is 8.49. The molecule has 1 unspecified atom stereocenters. The zero-order valence-electron chi connectivity index (χ0n) is 12.6. The van der Waals surface area contributed by atoms with E-state index in [1.54, 1.807) is 18.7 Å². The number of carbonyl (C=O) groups is 3. The number of rotatable bonds is 6. The van der Waals surface area contributed by atoms with E-state index in [-0.39, 0.29) is 24.5 Å². The highest BCUT2D eigenvalue weighted by Crippen LogP contribution is 2.18. The topological polar surface area (TPSA) is 95.9 Å². The Kier molecular flexibility index (Phi) is 6.98. The van der Waals surface area contributed by atoms with Crippen LogP contribution in [-0.2, 0) is 14.3 Å². The minimum absolute atomic E-state index is 0.127. The molecule has 7 heteroatoms. The van der Waals surface area contributed by atoms with Crippen LogP contribution in [0.1, 0.15) is 33.1 Å². The number of nitrogens with zero attached hydrogens (tertiary/aromatic N) is 1. The monoisotopic (exact) mass is 300 g/mol. The molecule has 1 fully saturated rings. The van der Waals surface area contributed by atoms with E-state index in [2.05, 4.69) is 5.32 Å². The second-order valence-electron chi connectivity index (χ2n) is 5.14. The van der Waals surface area contributed by atoms with Gasteiger partial charge >= 0.3 is 18.0 Å². The van der Waals surface area contributed by atoms with Crippen molar-refractivity contribution in [3.8, 4) is 0 Å². The second-order valence-corrected chi connectivity index (χ2v) is 5.14. The first-order valence-corrected chi connectivity index (χ1v) is 7.41. The minimum atomic E-state index is -0.904. The average Bonchev–Trinajstić information content (AvgIpc) is 2.47. The van der Waals surface area contributed by atoms with Crippen molar-refractivity contribution in [1.29, 1.82) is 0 Å². The number of hydrogen-bond acceptors (Lipinski definition) is 4. The Balaban J connectivity index is 2.35. The first-order valence-electron chi connectivity index (χ1n) is 7.41. The lowest BCUT2D eigenvalue weighted by molar-refractivity contribution is -0.149. The lowest BCUT2D eigenvalue weighted by atomic mass is 9.97. The molecule has 1 heterocycles. The van der Waals surface area contributed by atoms with E-state index >= 15 is 0 Å². The van der Waals surface area contributed by atoms with Gasteiger partial charge in [0.15, 0.2) is 0 Å². The van der Waals surface area contributed by atoms with E-state index in [9.17, 15) is 14.4 Å². The van der Waals surface area contributed by atoms with Crippen LogP contribution in [0.5, 0.6) is 0 Å². The molecule has 0 bridgehead atoms. The number of ether oxygens (including phenoxy) is 1. The molecule has 0 radical (unpaired) electrons. The highest BCUT2D eigenvalue weighted by atomic mass is 16.5. The summed E-state index contributed by atoms with van der Waals surface area (Å²) in [5, 5.41) is 11.6. The number of urea groups is 1. The Hall–Kier alpha value is -1.79. The van der Waals surface area contributed by atoms with Gasteiger partial charge in [-0.25, -0.2) is 4.79 Å². The maximum atomic E-state index is 11.9. The van der Waals surface area contributed by atoms with E-state index in [4.69, 9.17) is 9.84 Å². The third kappa shape index (κ3) is 5.24. The van der Waals surface area contributed by atoms with Crippen LogP contribution in [0.2, 0.25) is 0 Å². The van der Waals surface area contributed by atoms with Gasteiger partial charge in [0.25, 0.3) is 0 Å². The average molecular weight is 300 g/mol. The van der Waals surface area contributed by atoms with Crippen LogP contribution in [0.25, 0.3) is 0 Å². The van der Waals surface area contributed by atoms with Crippen molar-refractivity contribution in [2.75, 3.05) is 26.2 Å². The quantitative estimate of drug-likeness (QED) is 0.716. The van der Waals surface area contributed by atoms with E-state index < -0.39 is 11.9 Å². The van der Waals surface area contributed by atoms with Crippen molar-refractivity contribution in [3.63, 3.8) is 0 Å². The number of carbonyl (C=O) groups excluding carboxylic acids is 2. The number of esters is 1. The summed E-state index contributed by atoms with van der Waals surface area (Å²) in [4.78, 5) is 36.0. The predicted molar refractivity (Wildman–Crippen MR) is 75.7 cm³/mol. The van der Waals surface area contributed by atoms with Crippen LogP contribution in [0.4, 0.5) is 4.79 Å². The standard InChI is InChI=1S/C14H24N2O5/c1-3-10(12(17)18)9-15-14(20)16-7-5-11(6-8-16)13(19)21-4-2/h10-11H,3-9H2,1-2H3,(H,15,20)(H,17,18). The normalized spacial score (nSPS) is 17.1. The first-order chi connectivity index (χ1) is 9.99. The molecule has 2 N–H and O–H groups in total. The Morgan fingerprint density at radius 1 is 1.29 bits per heavy atom. The third-order valence-corrected chi connectivity index (χ3v) is 3.74. The van der Waals surface area contributed by atoms with Crippen LogP contribution >= 0.6 is 0 Å². The molecule has 7 nitrogen and oxygen atoms in total. The van der Waals surface area contributed by atoms with Crippen LogP contribution in [0.3, 0.4) is 0 Å². The molecular formula is C14H24N2O5. The summed E-state index contributed by atoms with van der Waals surface area (Å²) in [5.41, 5.74) is 0. The number of aliphatic carboxylic acids is 1. The molecule has 2 amide bonds. The molecule has 1 rings (SSSR count). The molecule has 120 valence electrons. The Morgan fingerprint density at radius 3 is 2.38 bits per heavy atom. The highest BCUT2D eigenvalue weighted by Gasteiger charge is 2.28. The fourth-order valence-electron chi connectivity index (χ4n) is 2.31. The summed E-state index contributed by atoms with van der Waals surface area (Å²) in [6.45, 7) is 5.01. The largest absolute Gasteiger partial charge is 0.481 e. The van der Waals surface area contributed by atoms with Gasteiger partial charge in [0.2, 0.25) is 0 Å². The number of carboxylic acid groups (broad SMARTS) is 1. The van der Waals surface area contributed by atoms with Gasteiger partial charge in [-0.15, -0.1) is 0 Å². The number of hydrogen-bond donors (Lipinski definition) is 2. The van der Waals surface area contributed by atoms with Crippen LogP contribution in [0, 0.1) is 11.8 Å². The van der Waals surface area contributed by atoms with Gasteiger partial charge in [0, 0.05) is 19.6 Å². The maximum absolute atomic E-state index is 11.9. The van der Waals surface area contributed by atoms with Crippen LogP contribution < -0.4 is 5.32 Å². The van der Waals surface area contributed by atoms with Gasteiger partial charge in [-0.3, -0.25) is 9.59 Å². The molecule has 1 saturated heterocycles. The zero-order valence-corrected chi connectivity index (χ0v) is 12.6. The Labute approximate surface area is 124 Å². The summed E-state index contributed by atoms with van der Waals surface area (Å²) in [7, 11) is 0. The molecule has 0 aromatic heterocycles.